The van der Waals surface area contributed by atoms with Crippen molar-refractivity contribution in [2.75, 3.05) is 5.32 Å². The van der Waals surface area contributed by atoms with Crippen LogP contribution in [0.4, 0.5) is 5.69 Å². The number of hydrogen-bond acceptors (Lipinski definition) is 2. The fourth-order valence-electron chi connectivity index (χ4n) is 1.00. The lowest BCUT2D eigenvalue weighted by Crippen LogP contribution is -2.06. The van der Waals surface area contributed by atoms with Crippen LogP contribution in [0.15, 0.2) is 18.2 Å². The van der Waals surface area contributed by atoms with E-state index in [9.17, 15) is 7.86 Å². The van der Waals surface area contributed by atoms with E-state index in [1.54, 1.807) is 12.1 Å². The Bertz CT molecular complexity index is 349. The zero-order valence-electron chi connectivity index (χ0n) is 7.43. The molecule has 0 fully saturated rings. The third kappa shape index (κ3) is 2.87. The van der Waals surface area contributed by atoms with Gasteiger partial charge in [0.1, 0.15) is 0 Å². The lowest BCUT2D eigenvalue weighted by molar-refractivity contribution is -0.114. The van der Waals surface area contributed by atoms with E-state index in [-0.39, 0.29) is 5.91 Å². The van der Waals surface area contributed by atoms with Crippen LogP contribution in [0.3, 0.4) is 0 Å². The molecule has 1 rings (SSSR count). The van der Waals surface area contributed by atoms with Gasteiger partial charge in [-0.15, -0.1) is 0 Å². The minimum Gasteiger partial charge on any atom is -0.326 e. The standard InChI is InChI=1S/C9H10INO2/c1-6-5-8(10-13)3-4-9(6)11-7(2)12/h3-5H,1-2H3,(H,11,12). The van der Waals surface area contributed by atoms with Crippen LogP contribution in [0.25, 0.3) is 0 Å². The van der Waals surface area contributed by atoms with E-state index in [2.05, 4.69) is 5.32 Å². The van der Waals surface area contributed by atoms with Gasteiger partial charge in [0.2, 0.25) is 5.91 Å². The summed E-state index contributed by atoms with van der Waals surface area (Å²) in [6.07, 6.45) is 0. The largest absolute Gasteiger partial charge is 0.326 e. The van der Waals surface area contributed by atoms with Gasteiger partial charge in [-0.1, -0.05) is 0 Å². The molecule has 1 N–H and O–H groups in total. The van der Waals surface area contributed by atoms with E-state index in [4.69, 9.17) is 0 Å². The zero-order valence-corrected chi connectivity index (χ0v) is 9.58. The van der Waals surface area contributed by atoms with Crippen LogP contribution in [0.1, 0.15) is 12.5 Å². The van der Waals surface area contributed by atoms with Crippen molar-refractivity contribution in [2.24, 2.45) is 0 Å². The molecule has 0 bridgehead atoms. The van der Waals surface area contributed by atoms with E-state index in [0.717, 1.165) is 14.8 Å². The van der Waals surface area contributed by atoms with Crippen molar-refractivity contribution < 1.29 is 7.86 Å². The summed E-state index contributed by atoms with van der Waals surface area (Å²) in [5.41, 5.74) is 1.73. The van der Waals surface area contributed by atoms with Crippen LogP contribution >= 0.6 is 21.2 Å². The molecule has 0 aliphatic carbocycles. The van der Waals surface area contributed by atoms with Crippen molar-refractivity contribution in [2.45, 2.75) is 13.8 Å². The van der Waals surface area contributed by atoms with Crippen molar-refractivity contribution in [3.63, 3.8) is 0 Å². The number of nitrogens with one attached hydrogen (secondary N) is 1. The van der Waals surface area contributed by atoms with Gasteiger partial charge >= 0.3 is 0 Å². The summed E-state index contributed by atoms with van der Waals surface area (Å²) < 4.78 is 11.5. The fourth-order valence-corrected chi connectivity index (χ4v) is 1.93. The third-order valence-corrected chi connectivity index (χ3v) is 2.77. The first-order chi connectivity index (χ1) is 6.13. The highest BCUT2D eigenvalue weighted by molar-refractivity contribution is 14.1. The van der Waals surface area contributed by atoms with Gasteiger partial charge in [-0.05, 0) is 30.7 Å². The molecular weight excluding hydrogens is 281 g/mol. The predicted octanol–water partition coefficient (Wildman–Crippen LogP) is 2.44. The summed E-state index contributed by atoms with van der Waals surface area (Å²) >= 11 is -1.10. The molecule has 0 aromatic heterocycles. The van der Waals surface area contributed by atoms with Crippen molar-refractivity contribution in [3.05, 3.63) is 27.3 Å². The molecule has 4 heteroatoms. The summed E-state index contributed by atoms with van der Waals surface area (Å²) in [7, 11) is 0. The molecule has 0 aliphatic rings. The Morgan fingerprint density at radius 3 is 2.62 bits per heavy atom. The van der Waals surface area contributed by atoms with Gasteiger partial charge in [-0.2, -0.15) is 0 Å². The number of rotatable bonds is 2. The highest BCUT2D eigenvalue weighted by Crippen LogP contribution is 2.19. The number of anilines is 1. The monoisotopic (exact) mass is 291 g/mol. The molecule has 1 aromatic carbocycles. The second-order valence-corrected chi connectivity index (χ2v) is 4.40. The van der Waals surface area contributed by atoms with Crippen LogP contribution in [0, 0.1) is 10.5 Å². The summed E-state index contributed by atoms with van der Waals surface area (Å²) in [5, 5.41) is 2.70. The second kappa shape index (κ2) is 4.45. The van der Waals surface area contributed by atoms with Gasteiger partial charge in [0.15, 0.2) is 21.2 Å². The summed E-state index contributed by atoms with van der Waals surface area (Å²) in [6, 6.07) is 5.40. The number of halogens is 1. The number of hydrogen-bond donors (Lipinski definition) is 1. The molecule has 0 heterocycles. The van der Waals surface area contributed by atoms with E-state index in [0.29, 0.717) is 0 Å². The van der Waals surface area contributed by atoms with Gasteiger partial charge in [-0.3, -0.25) is 7.86 Å². The number of carbonyl (C=O) groups excluding carboxylic acids is 1. The van der Waals surface area contributed by atoms with E-state index in [1.807, 2.05) is 13.0 Å². The maximum atomic E-state index is 10.8. The highest BCUT2D eigenvalue weighted by atomic mass is 127. The van der Waals surface area contributed by atoms with E-state index in [1.165, 1.54) is 6.92 Å². The molecule has 3 nitrogen and oxygen atoms in total. The molecule has 0 atom stereocenters. The summed E-state index contributed by atoms with van der Waals surface area (Å²) in [5.74, 6) is -0.0901. The Balaban J connectivity index is 2.98. The van der Waals surface area contributed by atoms with Gasteiger partial charge in [0.05, 0.1) is 0 Å². The number of benzene rings is 1. The molecule has 70 valence electrons. The molecule has 0 saturated carbocycles. The molecule has 0 spiro atoms. The van der Waals surface area contributed by atoms with Gasteiger partial charge in [0, 0.05) is 16.2 Å². The SMILES string of the molecule is CC(=O)Nc1ccc(I=O)cc1C. The van der Waals surface area contributed by atoms with Gasteiger partial charge in [0.25, 0.3) is 0 Å². The summed E-state index contributed by atoms with van der Waals surface area (Å²) in [4.78, 5) is 10.8. The molecule has 13 heavy (non-hydrogen) atoms. The highest BCUT2D eigenvalue weighted by Gasteiger charge is 2.00. The molecular formula is C9H10INO2. The topological polar surface area (TPSA) is 46.2 Å². The van der Waals surface area contributed by atoms with Crippen LogP contribution < -0.4 is 5.32 Å². The van der Waals surface area contributed by atoms with Crippen LogP contribution in [-0.4, -0.2) is 5.91 Å². The van der Waals surface area contributed by atoms with Crippen molar-refractivity contribution in [1.29, 1.82) is 0 Å². The predicted molar refractivity (Wildman–Crippen MR) is 58.9 cm³/mol. The first kappa shape index (κ1) is 10.3. The minimum absolute atomic E-state index is 0.0901. The minimum atomic E-state index is -1.10. The van der Waals surface area contributed by atoms with Crippen molar-refractivity contribution in [1.82, 2.24) is 0 Å². The zero-order chi connectivity index (χ0) is 9.84. The first-order valence-electron chi connectivity index (χ1n) is 3.79. The van der Waals surface area contributed by atoms with Gasteiger partial charge < -0.3 is 5.32 Å². The quantitative estimate of drug-likeness (QED) is 0.851. The van der Waals surface area contributed by atoms with E-state index < -0.39 is 21.2 Å². The second-order valence-electron chi connectivity index (χ2n) is 2.72. The summed E-state index contributed by atoms with van der Waals surface area (Å²) in [6.45, 7) is 3.35. The average Bonchev–Trinajstić information content (AvgIpc) is 2.08. The molecule has 0 saturated heterocycles. The molecule has 0 aliphatic heterocycles. The number of carbonyl (C=O) groups is 1. The van der Waals surface area contributed by atoms with Crippen LogP contribution in [0.5, 0.6) is 0 Å². The first-order valence-corrected chi connectivity index (χ1v) is 5.74. The van der Waals surface area contributed by atoms with E-state index >= 15 is 0 Å². The maximum Gasteiger partial charge on any atom is 0.221 e. The molecule has 0 unspecified atom stereocenters. The Hall–Kier alpha value is -0.780. The van der Waals surface area contributed by atoms with Crippen molar-refractivity contribution in [3.8, 4) is 0 Å². The smallest absolute Gasteiger partial charge is 0.221 e. The Morgan fingerprint density at radius 1 is 1.46 bits per heavy atom. The Labute approximate surface area is 87.2 Å². The number of amides is 1. The lowest BCUT2D eigenvalue weighted by Gasteiger charge is -2.05. The van der Waals surface area contributed by atoms with Gasteiger partial charge in [-0.25, -0.2) is 0 Å². The third-order valence-electron chi connectivity index (χ3n) is 1.59. The molecule has 0 radical (unpaired) electrons. The maximum absolute atomic E-state index is 10.8. The fraction of sp³-hybridized carbons (Fsp3) is 0.222. The molecule has 1 amide bonds. The number of aryl methyl sites for hydroxylation is 1. The normalized spacial score (nSPS) is 9.69. The van der Waals surface area contributed by atoms with Crippen LogP contribution in [-0.2, 0) is 7.86 Å². The van der Waals surface area contributed by atoms with Crippen LogP contribution in [0.2, 0.25) is 0 Å². The van der Waals surface area contributed by atoms with Crippen molar-refractivity contribution >= 4 is 32.8 Å². The molecule has 1 aromatic rings. The Morgan fingerprint density at radius 2 is 2.15 bits per heavy atom. The Kier molecular flexibility index (Phi) is 3.53. The average molecular weight is 291 g/mol. The lowest BCUT2D eigenvalue weighted by atomic mass is 10.2.